The Morgan fingerprint density at radius 2 is 1.67 bits per heavy atom. The van der Waals surface area contributed by atoms with Crippen molar-refractivity contribution in [3.05, 3.63) is 71.8 Å². The lowest BCUT2D eigenvalue weighted by Crippen LogP contribution is -2.34. The zero-order valence-electron chi connectivity index (χ0n) is 12.0. The fourth-order valence-electron chi connectivity index (χ4n) is 2.57. The number of nitrogens with one attached hydrogen (secondary N) is 2. The maximum atomic E-state index is 11.8. The molecule has 1 saturated carbocycles. The third-order valence-corrected chi connectivity index (χ3v) is 3.88. The van der Waals surface area contributed by atoms with E-state index in [0.29, 0.717) is 25.0 Å². The summed E-state index contributed by atoms with van der Waals surface area (Å²) in [6.07, 6.45) is 1.12. The van der Waals surface area contributed by atoms with Gasteiger partial charge in [0.15, 0.2) is 0 Å². The standard InChI is InChI=1S/C18H20N2O/c21-18(20-12-14-7-3-1-4-8-14)13-19-17-11-16(17)15-9-5-2-6-10-15/h1-10,16-17,19H,11-13H2,(H,20,21). The Morgan fingerprint density at radius 1 is 1.00 bits per heavy atom. The van der Waals surface area contributed by atoms with Gasteiger partial charge in [0.05, 0.1) is 6.54 Å². The van der Waals surface area contributed by atoms with Crippen LogP contribution in [0, 0.1) is 0 Å². The molecule has 0 spiro atoms. The second kappa shape index (κ2) is 6.55. The molecule has 3 heteroatoms. The quantitative estimate of drug-likeness (QED) is 0.853. The van der Waals surface area contributed by atoms with E-state index in [4.69, 9.17) is 0 Å². The molecule has 21 heavy (non-hydrogen) atoms. The molecule has 0 bridgehead atoms. The maximum absolute atomic E-state index is 11.8. The molecule has 1 amide bonds. The number of carbonyl (C=O) groups is 1. The van der Waals surface area contributed by atoms with E-state index >= 15 is 0 Å². The molecular weight excluding hydrogens is 260 g/mol. The van der Waals surface area contributed by atoms with Crippen LogP contribution in [0.5, 0.6) is 0 Å². The van der Waals surface area contributed by atoms with Gasteiger partial charge in [-0.2, -0.15) is 0 Å². The Kier molecular flexibility index (Phi) is 4.31. The van der Waals surface area contributed by atoms with Crippen molar-refractivity contribution in [2.45, 2.75) is 24.9 Å². The van der Waals surface area contributed by atoms with Crippen molar-refractivity contribution in [2.24, 2.45) is 0 Å². The number of hydrogen-bond donors (Lipinski definition) is 2. The van der Waals surface area contributed by atoms with Gasteiger partial charge in [0.1, 0.15) is 0 Å². The third kappa shape index (κ3) is 3.92. The minimum Gasteiger partial charge on any atom is -0.351 e. The molecule has 3 nitrogen and oxygen atoms in total. The first-order valence-corrected chi connectivity index (χ1v) is 7.42. The van der Waals surface area contributed by atoms with Gasteiger partial charge in [-0.1, -0.05) is 60.7 Å². The van der Waals surface area contributed by atoms with Crippen LogP contribution in [0.3, 0.4) is 0 Å². The van der Waals surface area contributed by atoms with Gasteiger partial charge >= 0.3 is 0 Å². The Labute approximate surface area is 125 Å². The smallest absolute Gasteiger partial charge is 0.234 e. The van der Waals surface area contributed by atoms with E-state index in [1.807, 2.05) is 36.4 Å². The van der Waals surface area contributed by atoms with E-state index < -0.39 is 0 Å². The molecule has 108 valence electrons. The second-order valence-electron chi connectivity index (χ2n) is 5.50. The van der Waals surface area contributed by atoms with Crippen LogP contribution in [0.1, 0.15) is 23.5 Å². The Hall–Kier alpha value is -2.13. The minimum atomic E-state index is 0.0533. The molecule has 2 unspecified atom stereocenters. The molecule has 0 aromatic heterocycles. The summed E-state index contributed by atoms with van der Waals surface area (Å²) < 4.78 is 0. The lowest BCUT2D eigenvalue weighted by molar-refractivity contribution is -0.120. The first-order chi connectivity index (χ1) is 10.3. The SMILES string of the molecule is O=C(CNC1CC1c1ccccc1)NCc1ccccc1. The van der Waals surface area contributed by atoms with Gasteiger partial charge in [0, 0.05) is 18.5 Å². The normalized spacial score (nSPS) is 20.0. The van der Waals surface area contributed by atoms with Gasteiger partial charge in [0.25, 0.3) is 0 Å². The van der Waals surface area contributed by atoms with Gasteiger partial charge in [-0.3, -0.25) is 4.79 Å². The molecule has 0 heterocycles. The van der Waals surface area contributed by atoms with Crippen molar-refractivity contribution >= 4 is 5.91 Å². The van der Waals surface area contributed by atoms with Gasteiger partial charge in [0.2, 0.25) is 5.91 Å². The number of amides is 1. The van der Waals surface area contributed by atoms with E-state index in [1.165, 1.54) is 5.56 Å². The molecule has 2 aromatic carbocycles. The average Bonchev–Trinajstić information content (AvgIpc) is 3.32. The van der Waals surface area contributed by atoms with E-state index in [2.05, 4.69) is 34.9 Å². The maximum Gasteiger partial charge on any atom is 0.234 e. The predicted molar refractivity (Wildman–Crippen MR) is 83.9 cm³/mol. The summed E-state index contributed by atoms with van der Waals surface area (Å²) in [6, 6.07) is 20.9. The summed E-state index contributed by atoms with van der Waals surface area (Å²) in [6.45, 7) is 0.981. The topological polar surface area (TPSA) is 41.1 Å². The first-order valence-electron chi connectivity index (χ1n) is 7.42. The molecule has 1 aliphatic carbocycles. The molecule has 2 aromatic rings. The summed E-state index contributed by atoms with van der Waals surface area (Å²) in [5.41, 5.74) is 2.49. The predicted octanol–water partition coefficient (Wildman–Crippen LogP) is 2.45. The number of carbonyl (C=O) groups excluding carboxylic acids is 1. The van der Waals surface area contributed by atoms with Crippen LogP contribution in [-0.4, -0.2) is 18.5 Å². The summed E-state index contributed by atoms with van der Waals surface area (Å²) in [7, 11) is 0. The van der Waals surface area contributed by atoms with Crippen LogP contribution in [-0.2, 0) is 11.3 Å². The molecule has 1 aliphatic rings. The fourth-order valence-corrected chi connectivity index (χ4v) is 2.57. The number of hydrogen-bond acceptors (Lipinski definition) is 2. The summed E-state index contributed by atoms with van der Waals surface area (Å²) in [5.74, 6) is 0.616. The highest BCUT2D eigenvalue weighted by Crippen LogP contribution is 2.40. The van der Waals surface area contributed by atoms with E-state index in [0.717, 1.165) is 12.0 Å². The average molecular weight is 280 g/mol. The van der Waals surface area contributed by atoms with Gasteiger partial charge < -0.3 is 10.6 Å². The Morgan fingerprint density at radius 3 is 2.38 bits per heavy atom. The third-order valence-electron chi connectivity index (χ3n) is 3.88. The highest BCUT2D eigenvalue weighted by Gasteiger charge is 2.37. The van der Waals surface area contributed by atoms with Crippen LogP contribution in [0.2, 0.25) is 0 Å². The largest absolute Gasteiger partial charge is 0.351 e. The minimum absolute atomic E-state index is 0.0533. The van der Waals surface area contributed by atoms with Crippen molar-refractivity contribution in [3.8, 4) is 0 Å². The molecule has 0 saturated heterocycles. The zero-order chi connectivity index (χ0) is 14.5. The highest BCUT2D eigenvalue weighted by molar-refractivity contribution is 5.78. The van der Waals surface area contributed by atoms with Crippen molar-refractivity contribution in [1.29, 1.82) is 0 Å². The lowest BCUT2D eigenvalue weighted by atomic mass is 10.1. The molecule has 1 fully saturated rings. The zero-order valence-corrected chi connectivity index (χ0v) is 12.0. The van der Waals surface area contributed by atoms with E-state index in [1.54, 1.807) is 0 Å². The van der Waals surface area contributed by atoms with Gasteiger partial charge in [-0.05, 0) is 17.5 Å². The molecule has 0 aliphatic heterocycles. The van der Waals surface area contributed by atoms with Crippen molar-refractivity contribution in [2.75, 3.05) is 6.54 Å². The van der Waals surface area contributed by atoms with Crippen molar-refractivity contribution < 1.29 is 4.79 Å². The van der Waals surface area contributed by atoms with Gasteiger partial charge in [-0.15, -0.1) is 0 Å². The van der Waals surface area contributed by atoms with Crippen LogP contribution >= 0.6 is 0 Å². The highest BCUT2D eigenvalue weighted by atomic mass is 16.1. The second-order valence-corrected chi connectivity index (χ2v) is 5.50. The van der Waals surface area contributed by atoms with Crippen LogP contribution in [0.25, 0.3) is 0 Å². The first kappa shape index (κ1) is 13.8. The monoisotopic (exact) mass is 280 g/mol. The van der Waals surface area contributed by atoms with Gasteiger partial charge in [-0.25, -0.2) is 0 Å². The van der Waals surface area contributed by atoms with Crippen LogP contribution in [0.15, 0.2) is 60.7 Å². The molecule has 3 rings (SSSR count). The Bertz CT molecular complexity index is 583. The molecule has 2 atom stereocenters. The lowest BCUT2D eigenvalue weighted by Gasteiger charge is -2.07. The Balaban J connectivity index is 1.38. The van der Waals surface area contributed by atoms with E-state index in [9.17, 15) is 4.79 Å². The van der Waals surface area contributed by atoms with Crippen LogP contribution in [0.4, 0.5) is 0 Å². The summed E-state index contributed by atoms with van der Waals surface area (Å²) in [4.78, 5) is 11.8. The fraction of sp³-hybridized carbons (Fsp3) is 0.278. The summed E-state index contributed by atoms with van der Waals surface area (Å²) >= 11 is 0. The van der Waals surface area contributed by atoms with Crippen LogP contribution < -0.4 is 10.6 Å². The number of benzene rings is 2. The molecular formula is C18H20N2O. The molecule has 0 radical (unpaired) electrons. The summed E-state index contributed by atoms with van der Waals surface area (Å²) in [5, 5.41) is 6.26. The van der Waals surface area contributed by atoms with E-state index in [-0.39, 0.29) is 5.91 Å². The molecule has 2 N–H and O–H groups in total. The van der Waals surface area contributed by atoms with Crippen molar-refractivity contribution in [1.82, 2.24) is 10.6 Å². The van der Waals surface area contributed by atoms with Crippen molar-refractivity contribution in [3.63, 3.8) is 0 Å². The number of rotatable bonds is 6.